The van der Waals surface area contributed by atoms with Crippen LogP contribution in [0.4, 0.5) is 5.95 Å². The minimum absolute atomic E-state index is 0.186. The molecule has 0 fully saturated rings. The van der Waals surface area contributed by atoms with Gasteiger partial charge in [0.05, 0.1) is 5.69 Å². The highest BCUT2D eigenvalue weighted by molar-refractivity contribution is 5.60. The van der Waals surface area contributed by atoms with Crippen LogP contribution in [0.3, 0.4) is 0 Å². The summed E-state index contributed by atoms with van der Waals surface area (Å²) in [5.41, 5.74) is 7.03. The van der Waals surface area contributed by atoms with Gasteiger partial charge in [0, 0.05) is 17.8 Å². The Bertz CT molecular complexity index is 600. The van der Waals surface area contributed by atoms with Gasteiger partial charge >= 0.3 is 0 Å². The van der Waals surface area contributed by atoms with Crippen molar-refractivity contribution in [1.82, 2.24) is 9.55 Å². The summed E-state index contributed by atoms with van der Waals surface area (Å²) < 4.78 is 1.31. The van der Waals surface area contributed by atoms with Gasteiger partial charge in [-0.2, -0.15) is 0 Å². The molecular formula is C13H13N3O. The molecule has 4 heteroatoms. The van der Waals surface area contributed by atoms with Gasteiger partial charge in [-0.3, -0.25) is 9.36 Å². The molecule has 1 aromatic heterocycles. The monoisotopic (exact) mass is 227 g/mol. The van der Waals surface area contributed by atoms with Crippen LogP contribution in [0.25, 0.3) is 17.5 Å². The third kappa shape index (κ3) is 2.25. The van der Waals surface area contributed by atoms with Gasteiger partial charge in [0.15, 0.2) is 0 Å². The van der Waals surface area contributed by atoms with Gasteiger partial charge in [0.25, 0.3) is 5.56 Å². The van der Waals surface area contributed by atoms with Gasteiger partial charge in [0.2, 0.25) is 5.95 Å². The van der Waals surface area contributed by atoms with Gasteiger partial charge in [-0.1, -0.05) is 36.4 Å². The Hall–Kier alpha value is -2.36. The lowest BCUT2D eigenvalue weighted by molar-refractivity contribution is 1.01. The third-order valence-corrected chi connectivity index (χ3v) is 2.35. The molecule has 0 aliphatic carbocycles. The highest BCUT2D eigenvalue weighted by Crippen LogP contribution is 2.15. The molecule has 0 unspecified atom stereocenters. The molecule has 0 radical (unpaired) electrons. The average Bonchev–Trinajstić information content (AvgIpc) is 2.35. The maximum atomic E-state index is 11.8. The van der Waals surface area contributed by atoms with Crippen LogP contribution in [0, 0.1) is 0 Å². The van der Waals surface area contributed by atoms with Crippen molar-refractivity contribution < 1.29 is 0 Å². The fraction of sp³-hybridized carbons (Fsp3) is 0.0769. The standard InChI is InChI=1S/C13H13N3O/c1-2-8-16-12(17)9-11(15-13(16)14)10-6-4-3-5-7-10/h2-9H,1H3,(H2,14,15). The first kappa shape index (κ1) is 11.1. The molecular weight excluding hydrogens is 214 g/mol. The largest absolute Gasteiger partial charge is 0.369 e. The highest BCUT2D eigenvalue weighted by atomic mass is 16.1. The molecule has 1 heterocycles. The van der Waals surface area contributed by atoms with Crippen LogP contribution < -0.4 is 11.3 Å². The number of hydrogen-bond acceptors (Lipinski definition) is 3. The van der Waals surface area contributed by atoms with Crippen LogP contribution in [0.5, 0.6) is 0 Å². The zero-order valence-corrected chi connectivity index (χ0v) is 9.50. The molecule has 0 amide bonds. The smallest absolute Gasteiger partial charge is 0.259 e. The molecule has 4 nitrogen and oxygen atoms in total. The van der Waals surface area contributed by atoms with Crippen LogP contribution in [0.15, 0.2) is 47.3 Å². The fourth-order valence-corrected chi connectivity index (χ4v) is 1.56. The van der Waals surface area contributed by atoms with E-state index in [1.54, 1.807) is 12.3 Å². The Morgan fingerprint density at radius 2 is 2.00 bits per heavy atom. The molecule has 0 aliphatic heterocycles. The van der Waals surface area contributed by atoms with Crippen molar-refractivity contribution >= 4 is 12.1 Å². The van der Waals surface area contributed by atoms with Crippen LogP contribution in [0.1, 0.15) is 6.92 Å². The maximum absolute atomic E-state index is 11.8. The molecule has 86 valence electrons. The zero-order chi connectivity index (χ0) is 12.3. The quantitative estimate of drug-likeness (QED) is 0.853. The second-order valence-corrected chi connectivity index (χ2v) is 3.56. The SMILES string of the molecule is CC=Cn1c(N)nc(-c2ccccc2)cc1=O. The second kappa shape index (κ2) is 4.65. The predicted molar refractivity (Wildman–Crippen MR) is 69.3 cm³/mol. The fourth-order valence-electron chi connectivity index (χ4n) is 1.56. The lowest BCUT2D eigenvalue weighted by atomic mass is 10.1. The van der Waals surface area contributed by atoms with Crippen molar-refractivity contribution in [3.63, 3.8) is 0 Å². The van der Waals surface area contributed by atoms with Gasteiger partial charge < -0.3 is 5.73 Å². The van der Waals surface area contributed by atoms with Crippen LogP contribution >= 0.6 is 0 Å². The molecule has 0 saturated heterocycles. The second-order valence-electron chi connectivity index (χ2n) is 3.56. The molecule has 0 bridgehead atoms. The summed E-state index contributed by atoms with van der Waals surface area (Å²) in [6, 6.07) is 11.0. The summed E-state index contributed by atoms with van der Waals surface area (Å²) in [5, 5.41) is 0. The van der Waals surface area contributed by atoms with E-state index in [0.29, 0.717) is 5.69 Å². The number of anilines is 1. The van der Waals surface area contributed by atoms with E-state index in [2.05, 4.69) is 4.98 Å². The van der Waals surface area contributed by atoms with Gasteiger partial charge in [-0.05, 0) is 6.92 Å². The van der Waals surface area contributed by atoms with Crippen LogP contribution in [-0.4, -0.2) is 9.55 Å². The predicted octanol–water partition coefficient (Wildman–Crippen LogP) is 1.98. The molecule has 0 aliphatic rings. The Balaban J connectivity index is 2.57. The molecule has 1 aromatic carbocycles. The zero-order valence-electron chi connectivity index (χ0n) is 9.50. The van der Waals surface area contributed by atoms with Crippen molar-refractivity contribution in [2.75, 3.05) is 5.73 Å². The van der Waals surface area contributed by atoms with E-state index in [1.165, 1.54) is 10.6 Å². The highest BCUT2D eigenvalue weighted by Gasteiger charge is 2.05. The van der Waals surface area contributed by atoms with Crippen molar-refractivity contribution in [3.8, 4) is 11.3 Å². The molecule has 17 heavy (non-hydrogen) atoms. The first-order chi connectivity index (χ1) is 8.22. The minimum Gasteiger partial charge on any atom is -0.369 e. The lowest BCUT2D eigenvalue weighted by Crippen LogP contribution is -2.19. The summed E-state index contributed by atoms with van der Waals surface area (Å²) in [4.78, 5) is 16.0. The molecule has 0 saturated carbocycles. The van der Waals surface area contributed by atoms with E-state index < -0.39 is 0 Å². The van der Waals surface area contributed by atoms with E-state index in [9.17, 15) is 4.79 Å². The Morgan fingerprint density at radius 3 is 2.59 bits per heavy atom. The number of nitrogen functional groups attached to an aromatic ring is 1. The van der Waals surface area contributed by atoms with E-state index in [-0.39, 0.29) is 11.5 Å². The first-order valence-corrected chi connectivity index (χ1v) is 5.29. The van der Waals surface area contributed by atoms with Crippen molar-refractivity contribution in [2.45, 2.75) is 6.92 Å². The Morgan fingerprint density at radius 1 is 1.29 bits per heavy atom. The van der Waals surface area contributed by atoms with Gasteiger partial charge in [-0.25, -0.2) is 4.98 Å². The summed E-state index contributed by atoms with van der Waals surface area (Å²) in [5.74, 6) is 0.189. The average molecular weight is 227 g/mol. The van der Waals surface area contributed by atoms with Crippen LogP contribution in [-0.2, 0) is 0 Å². The summed E-state index contributed by atoms with van der Waals surface area (Å²) in [6.45, 7) is 1.82. The Kier molecular flexibility index (Phi) is 3.05. The molecule has 0 spiro atoms. The number of aromatic nitrogens is 2. The van der Waals surface area contributed by atoms with Gasteiger partial charge in [-0.15, -0.1) is 0 Å². The van der Waals surface area contributed by atoms with E-state index in [0.717, 1.165) is 5.56 Å². The number of allylic oxidation sites excluding steroid dienone is 1. The van der Waals surface area contributed by atoms with Crippen molar-refractivity contribution in [2.24, 2.45) is 0 Å². The topological polar surface area (TPSA) is 60.9 Å². The first-order valence-electron chi connectivity index (χ1n) is 5.29. The van der Waals surface area contributed by atoms with E-state index in [1.807, 2.05) is 37.3 Å². The number of hydrogen-bond donors (Lipinski definition) is 1. The van der Waals surface area contributed by atoms with Gasteiger partial charge in [0.1, 0.15) is 0 Å². The summed E-state index contributed by atoms with van der Waals surface area (Å²) >= 11 is 0. The summed E-state index contributed by atoms with van der Waals surface area (Å²) in [7, 11) is 0. The van der Waals surface area contributed by atoms with Crippen molar-refractivity contribution in [3.05, 3.63) is 52.8 Å². The molecule has 2 aromatic rings. The van der Waals surface area contributed by atoms with E-state index >= 15 is 0 Å². The number of nitrogens with two attached hydrogens (primary N) is 1. The molecule has 2 rings (SSSR count). The number of rotatable bonds is 2. The number of nitrogens with zero attached hydrogens (tertiary/aromatic N) is 2. The molecule has 2 N–H and O–H groups in total. The minimum atomic E-state index is -0.186. The van der Waals surface area contributed by atoms with Crippen LogP contribution in [0.2, 0.25) is 0 Å². The van der Waals surface area contributed by atoms with E-state index in [4.69, 9.17) is 5.73 Å². The third-order valence-electron chi connectivity index (χ3n) is 2.35. The lowest BCUT2D eigenvalue weighted by Gasteiger charge is -2.05. The Labute approximate surface area is 99.0 Å². The number of benzene rings is 1. The van der Waals surface area contributed by atoms with Crippen molar-refractivity contribution in [1.29, 1.82) is 0 Å². The summed E-state index contributed by atoms with van der Waals surface area (Å²) in [6.07, 6.45) is 3.33. The maximum Gasteiger partial charge on any atom is 0.259 e. The normalized spacial score (nSPS) is 10.9. The molecule has 0 atom stereocenters.